The summed E-state index contributed by atoms with van der Waals surface area (Å²) in [5, 5.41) is 4.47. The number of thiophene rings is 1. The fraction of sp³-hybridized carbons (Fsp3) is 0.316. The van der Waals surface area contributed by atoms with Crippen LogP contribution in [0.5, 0.6) is 11.5 Å². The van der Waals surface area contributed by atoms with Crippen LogP contribution in [0.25, 0.3) is 0 Å². The summed E-state index contributed by atoms with van der Waals surface area (Å²) >= 11 is 1.28. The highest BCUT2D eigenvalue weighted by atomic mass is 32.1. The van der Waals surface area contributed by atoms with Gasteiger partial charge in [0, 0.05) is 11.6 Å². The number of hydrogen-bond acceptors (Lipinski definition) is 6. The number of carbonyl (C=O) groups excluding carboxylic acids is 3. The molecule has 2 rings (SSSR count). The molecule has 0 radical (unpaired) electrons. The van der Waals surface area contributed by atoms with E-state index < -0.39 is 17.9 Å². The largest absolute Gasteiger partial charge is 0.497 e. The Morgan fingerprint density at radius 3 is 2.11 bits per heavy atom. The van der Waals surface area contributed by atoms with Crippen molar-refractivity contribution in [2.24, 2.45) is 5.92 Å². The fourth-order valence-electron chi connectivity index (χ4n) is 2.36. The van der Waals surface area contributed by atoms with Gasteiger partial charge in [0.25, 0.3) is 17.7 Å². The minimum atomic E-state index is -0.810. The molecule has 0 aliphatic carbocycles. The number of hydrazine groups is 1. The first-order valence-electron chi connectivity index (χ1n) is 8.53. The van der Waals surface area contributed by atoms with Gasteiger partial charge in [0.1, 0.15) is 17.5 Å². The topological polar surface area (TPSA) is 106 Å². The first-order chi connectivity index (χ1) is 13.3. The van der Waals surface area contributed by atoms with Crippen LogP contribution in [0.4, 0.5) is 0 Å². The van der Waals surface area contributed by atoms with E-state index in [4.69, 9.17) is 9.47 Å². The molecule has 2 aromatic rings. The summed E-state index contributed by atoms with van der Waals surface area (Å²) in [5.74, 6) is -0.704. The van der Waals surface area contributed by atoms with E-state index in [2.05, 4.69) is 16.2 Å². The Hall–Kier alpha value is -3.07. The Labute approximate surface area is 167 Å². The van der Waals surface area contributed by atoms with Crippen molar-refractivity contribution < 1.29 is 23.9 Å². The van der Waals surface area contributed by atoms with E-state index in [-0.39, 0.29) is 17.4 Å². The number of carbonyl (C=O) groups is 3. The van der Waals surface area contributed by atoms with E-state index in [0.717, 1.165) is 0 Å². The van der Waals surface area contributed by atoms with Gasteiger partial charge in [-0.3, -0.25) is 25.2 Å². The number of amides is 3. The third kappa shape index (κ3) is 5.46. The summed E-state index contributed by atoms with van der Waals surface area (Å²) in [6.45, 7) is 3.60. The van der Waals surface area contributed by atoms with Gasteiger partial charge >= 0.3 is 0 Å². The number of ether oxygens (including phenoxy) is 2. The number of methoxy groups -OCH3 is 2. The van der Waals surface area contributed by atoms with Crippen LogP contribution >= 0.6 is 11.3 Å². The van der Waals surface area contributed by atoms with Crippen molar-refractivity contribution in [1.82, 2.24) is 16.2 Å². The highest BCUT2D eigenvalue weighted by Crippen LogP contribution is 2.22. The van der Waals surface area contributed by atoms with Crippen molar-refractivity contribution >= 4 is 29.1 Å². The summed E-state index contributed by atoms with van der Waals surface area (Å²) in [6.07, 6.45) is 0. The normalized spacial score (nSPS) is 11.5. The molecule has 0 aliphatic heterocycles. The zero-order valence-electron chi connectivity index (χ0n) is 16.1. The van der Waals surface area contributed by atoms with Crippen LogP contribution in [0.15, 0.2) is 35.7 Å². The van der Waals surface area contributed by atoms with Crippen molar-refractivity contribution in [3.63, 3.8) is 0 Å². The lowest BCUT2D eigenvalue weighted by Gasteiger charge is -2.21. The molecular formula is C19H23N3O5S. The van der Waals surface area contributed by atoms with Crippen LogP contribution in [-0.2, 0) is 4.79 Å². The lowest BCUT2D eigenvalue weighted by Crippen LogP contribution is -2.54. The van der Waals surface area contributed by atoms with E-state index in [1.807, 2.05) is 0 Å². The predicted molar refractivity (Wildman–Crippen MR) is 106 cm³/mol. The molecule has 150 valence electrons. The summed E-state index contributed by atoms with van der Waals surface area (Å²) < 4.78 is 10.3. The fourth-order valence-corrected chi connectivity index (χ4v) is 2.99. The molecule has 3 amide bonds. The molecule has 1 aromatic heterocycles. The highest BCUT2D eigenvalue weighted by Gasteiger charge is 2.25. The van der Waals surface area contributed by atoms with Gasteiger partial charge in [-0.05, 0) is 29.5 Å². The SMILES string of the molecule is COc1cc(OC)cc(C(=O)NNC(=O)[C@@H](NC(=O)c2cccs2)C(C)C)c1. The van der Waals surface area contributed by atoms with E-state index in [0.29, 0.717) is 16.4 Å². The van der Waals surface area contributed by atoms with Crippen LogP contribution < -0.4 is 25.6 Å². The zero-order chi connectivity index (χ0) is 20.7. The van der Waals surface area contributed by atoms with Crippen LogP contribution in [0.1, 0.15) is 33.9 Å². The van der Waals surface area contributed by atoms with Gasteiger partial charge < -0.3 is 14.8 Å². The Kier molecular flexibility index (Phi) is 7.39. The molecule has 1 atom stereocenters. The standard InChI is InChI=1S/C19H23N3O5S/c1-11(2)16(20-18(24)15-6-5-7-28-15)19(25)22-21-17(23)12-8-13(26-3)10-14(9-12)27-4/h5-11,16H,1-4H3,(H,20,24)(H,21,23)(H,22,25)/t16-/m0/s1. The van der Waals surface area contributed by atoms with Gasteiger partial charge in [0.2, 0.25) is 0 Å². The molecule has 0 fully saturated rings. The molecule has 9 heteroatoms. The maximum absolute atomic E-state index is 12.5. The molecule has 28 heavy (non-hydrogen) atoms. The molecule has 0 saturated heterocycles. The van der Waals surface area contributed by atoms with Crippen molar-refractivity contribution in [2.75, 3.05) is 14.2 Å². The van der Waals surface area contributed by atoms with Crippen molar-refractivity contribution in [1.29, 1.82) is 0 Å². The maximum Gasteiger partial charge on any atom is 0.269 e. The molecule has 3 N–H and O–H groups in total. The van der Waals surface area contributed by atoms with Gasteiger partial charge in [-0.15, -0.1) is 11.3 Å². The summed E-state index contributed by atoms with van der Waals surface area (Å²) in [6, 6.07) is 7.28. The van der Waals surface area contributed by atoms with Crippen molar-refractivity contribution in [3.8, 4) is 11.5 Å². The second-order valence-corrected chi connectivity index (χ2v) is 7.16. The van der Waals surface area contributed by atoms with Crippen molar-refractivity contribution in [3.05, 3.63) is 46.2 Å². The number of hydrogen-bond donors (Lipinski definition) is 3. The number of nitrogens with one attached hydrogen (secondary N) is 3. The Balaban J connectivity index is 2.02. The van der Waals surface area contributed by atoms with Gasteiger partial charge in [0.15, 0.2) is 0 Å². The Morgan fingerprint density at radius 1 is 0.964 bits per heavy atom. The molecule has 0 spiro atoms. The monoisotopic (exact) mass is 405 g/mol. The summed E-state index contributed by atoms with van der Waals surface area (Å²) in [4.78, 5) is 37.6. The van der Waals surface area contributed by atoms with Crippen LogP contribution in [-0.4, -0.2) is 38.0 Å². The van der Waals surface area contributed by atoms with Crippen LogP contribution in [0.2, 0.25) is 0 Å². The second-order valence-electron chi connectivity index (χ2n) is 6.22. The second kappa shape index (κ2) is 9.75. The highest BCUT2D eigenvalue weighted by molar-refractivity contribution is 7.12. The summed E-state index contributed by atoms with van der Waals surface area (Å²) in [5.41, 5.74) is 4.95. The van der Waals surface area contributed by atoms with E-state index in [9.17, 15) is 14.4 Å². The van der Waals surface area contributed by atoms with Gasteiger partial charge in [-0.25, -0.2) is 0 Å². The average molecular weight is 405 g/mol. The molecule has 0 bridgehead atoms. The first-order valence-corrected chi connectivity index (χ1v) is 9.41. The van der Waals surface area contributed by atoms with Gasteiger partial charge in [-0.1, -0.05) is 19.9 Å². The smallest absolute Gasteiger partial charge is 0.269 e. The zero-order valence-corrected chi connectivity index (χ0v) is 16.9. The molecule has 8 nitrogen and oxygen atoms in total. The lowest BCUT2D eigenvalue weighted by molar-refractivity contribution is -0.124. The Morgan fingerprint density at radius 2 is 1.61 bits per heavy atom. The number of rotatable bonds is 7. The molecule has 0 aliphatic rings. The molecule has 0 saturated carbocycles. The maximum atomic E-state index is 12.5. The minimum Gasteiger partial charge on any atom is -0.497 e. The quantitative estimate of drug-likeness (QED) is 0.611. The number of benzene rings is 1. The summed E-state index contributed by atoms with van der Waals surface area (Å²) in [7, 11) is 2.95. The lowest BCUT2D eigenvalue weighted by atomic mass is 10.0. The van der Waals surface area contributed by atoms with E-state index >= 15 is 0 Å². The third-order valence-corrected chi connectivity index (χ3v) is 4.76. The van der Waals surface area contributed by atoms with E-state index in [1.165, 1.54) is 37.7 Å². The molecule has 0 unspecified atom stereocenters. The van der Waals surface area contributed by atoms with Crippen molar-refractivity contribution in [2.45, 2.75) is 19.9 Å². The van der Waals surface area contributed by atoms with E-state index in [1.54, 1.807) is 37.4 Å². The van der Waals surface area contributed by atoms with Crippen LogP contribution in [0.3, 0.4) is 0 Å². The molecule has 1 aromatic carbocycles. The van der Waals surface area contributed by atoms with Gasteiger partial charge in [0.05, 0.1) is 19.1 Å². The average Bonchev–Trinajstić information content (AvgIpc) is 3.23. The third-order valence-electron chi connectivity index (χ3n) is 3.89. The molecule has 1 heterocycles. The Bertz CT molecular complexity index is 814. The minimum absolute atomic E-state index is 0.183. The predicted octanol–water partition coefficient (Wildman–Crippen LogP) is 1.98. The van der Waals surface area contributed by atoms with Crippen LogP contribution in [0, 0.1) is 5.92 Å². The van der Waals surface area contributed by atoms with Gasteiger partial charge in [-0.2, -0.15) is 0 Å². The molecular weight excluding hydrogens is 382 g/mol. The first kappa shape index (κ1) is 21.2.